The number of hydrogen-bond donors (Lipinski definition) is 2. The van der Waals surface area contributed by atoms with Crippen molar-refractivity contribution in [2.24, 2.45) is 16.7 Å². The predicted octanol–water partition coefficient (Wildman–Crippen LogP) is 1.51. The number of nitrogens with two attached hydrogens (primary N) is 2. The second-order valence-corrected chi connectivity index (χ2v) is 4.32. The predicted molar refractivity (Wildman–Crippen MR) is 69.0 cm³/mol. The Balaban J connectivity index is 2.01. The molecule has 0 aliphatic rings. The first-order chi connectivity index (χ1) is 7.83. The largest absolute Gasteiger partial charge is 0.377 e. The van der Waals surface area contributed by atoms with E-state index in [4.69, 9.17) is 16.3 Å². The van der Waals surface area contributed by atoms with Gasteiger partial charge in [0, 0.05) is 12.4 Å². The van der Waals surface area contributed by atoms with Crippen molar-refractivity contribution in [2.75, 3.05) is 12.4 Å². The molecule has 88 valence electrons. The molecule has 1 rings (SSSR count). The molecule has 0 bridgehead atoms. The maximum Gasteiger partial charge on any atom is 0.177 e. The van der Waals surface area contributed by atoms with Crippen LogP contribution in [-0.2, 0) is 11.3 Å². The number of nitrogens with zero attached hydrogens (tertiary/aromatic N) is 1. The van der Waals surface area contributed by atoms with Gasteiger partial charge in [-0.3, -0.25) is 0 Å². The third-order valence-electron chi connectivity index (χ3n) is 1.92. The quantitative estimate of drug-likeness (QED) is 0.259. The van der Waals surface area contributed by atoms with E-state index in [1.807, 2.05) is 30.3 Å². The molecule has 1 aromatic rings. The Hall–Kier alpha value is -1.20. The fourth-order valence-electron chi connectivity index (χ4n) is 1.14. The zero-order valence-corrected chi connectivity index (χ0v) is 9.95. The van der Waals surface area contributed by atoms with Gasteiger partial charge in [0.25, 0.3) is 0 Å². The van der Waals surface area contributed by atoms with Crippen LogP contribution in [0.1, 0.15) is 12.0 Å². The minimum atomic E-state index is 0.419. The minimum Gasteiger partial charge on any atom is -0.377 e. The SMILES string of the molecule is N/N=C(/N)SCCCOCc1ccccc1. The summed E-state index contributed by atoms with van der Waals surface area (Å²) in [4.78, 5) is 0. The average molecular weight is 239 g/mol. The Kier molecular flexibility index (Phi) is 6.44. The number of amidine groups is 1. The lowest BCUT2D eigenvalue weighted by atomic mass is 10.2. The van der Waals surface area contributed by atoms with E-state index in [1.165, 1.54) is 17.3 Å². The molecule has 16 heavy (non-hydrogen) atoms. The van der Waals surface area contributed by atoms with E-state index in [1.54, 1.807) is 0 Å². The lowest BCUT2D eigenvalue weighted by Crippen LogP contribution is -2.10. The summed E-state index contributed by atoms with van der Waals surface area (Å²) in [6, 6.07) is 10.1. The summed E-state index contributed by atoms with van der Waals surface area (Å²) in [5, 5.41) is 3.79. The van der Waals surface area contributed by atoms with Gasteiger partial charge < -0.3 is 16.3 Å². The molecule has 0 spiro atoms. The number of benzene rings is 1. The maximum atomic E-state index is 5.51. The summed E-state index contributed by atoms with van der Waals surface area (Å²) in [5.74, 6) is 5.88. The van der Waals surface area contributed by atoms with Gasteiger partial charge in [0.15, 0.2) is 5.17 Å². The van der Waals surface area contributed by atoms with Crippen LogP contribution in [0.5, 0.6) is 0 Å². The fraction of sp³-hybridized carbons (Fsp3) is 0.364. The van der Waals surface area contributed by atoms with Crippen molar-refractivity contribution in [3.63, 3.8) is 0 Å². The summed E-state index contributed by atoms with van der Waals surface area (Å²) in [6.07, 6.45) is 0.938. The normalized spacial score (nSPS) is 11.6. The highest BCUT2D eigenvalue weighted by atomic mass is 32.2. The van der Waals surface area contributed by atoms with Gasteiger partial charge in [-0.05, 0) is 12.0 Å². The third kappa shape index (κ3) is 5.63. The summed E-state index contributed by atoms with van der Waals surface area (Å²) in [7, 11) is 0. The molecule has 0 fully saturated rings. The topological polar surface area (TPSA) is 73.6 Å². The van der Waals surface area contributed by atoms with Crippen molar-refractivity contribution in [1.29, 1.82) is 0 Å². The van der Waals surface area contributed by atoms with Crippen LogP contribution in [0.4, 0.5) is 0 Å². The first kappa shape index (κ1) is 12.9. The summed E-state index contributed by atoms with van der Waals surface area (Å²) in [5.41, 5.74) is 6.62. The zero-order valence-electron chi connectivity index (χ0n) is 9.13. The van der Waals surface area contributed by atoms with Crippen molar-refractivity contribution in [1.82, 2.24) is 0 Å². The van der Waals surface area contributed by atoms with E-state index in [0.29, 0.717) is 11.8 Å². The number of hydrogen-bond acceptors (Lipinski definition) is 4. The third-order valence-corrected chi connectivity index (χ3v) is 2.82. The van der Waals surface area contributed by atoms with Crippen LogP contribution in [0.25, 0.3) is 0 Å². The highest BCUT2D eigenvalue weighted by Gasteiger charge is 1.95. The second-order valence-electron chi connectivity index (χ2n) is 3.21. The number of hydrazone groups is 1. The molecule has 0 saturated carbocycles. The van der Waals surface area contributed by atoms with Crippen LogP contribution >= 0.6 is 11.8 Å². The van der Waals surface area contributed by atoms with Crippen molar-refractivity contribution >= 4 is 16.9 Å². The van der Waals surface area contributed by atoms with Crippen LogP contribution in [0.3, 0.4) is 0 Å². The molecular weight excluding hydrogens is 222 g/mol. The summed E-state index contributed by atoms with van der Waals surface area (Å²) < 4.78 is 5.51. The molecule has 5 heteroatoms. The molecule has 4 nitrogen and oxygen atoms in total. The molecule has 0 aliphatic carbocycles. The number of ether oxygens (including phenoxy) is 1. The van der Waals surface area contributed by atoms with Gasteiger partial charge in [0.2, 0.25) is 0 Å². The Morgan fingerprint density at radius 1 is 1.31 bits per heavy atom. The van der Waals surface area contributed by atoms with E-state index >= 15 is 0 Å². The second kappa shape index (κ2) is 8.01. The number of thioether (sulfide) groups is 1. The van der Waals surface area contributed by atoms with Gasteiger partial charge in [-0.2, -0.15) is 5.10 Å². The monoisotopic (exact) mass is 239 g/mol. The van der Waals surface area contributed by atoms with Gasteiger partial charge in [0.05, 0.1) is 6.61 Å². The smallest absolute Gasteiger partial charge is 0.177 e. The summed E-state index contributed by atoms with van der Waals surface area (Å²) >= 11 is 1.45. The zero-order chi connectivity index (χ0) is 11.6. The first-order valence-electron chi connectivity index (χ1n) is 5.10. The Morgan fingerprint density at radius 2 is 2.06 bits per heavy atom. The van der Waals surface area contributed by atoms with Crippen LogP contribution in [0.2, 0.25) is 0 Å². The van der Waals surface area contributed by atoms with Crippen molar-refractivity contribution in [3.8, 4) is 0 Å². The van der Waals surface area contributed by atoms with Crippen LogP contribution in [0.15, 0.2) is 35.4 Å². The van der Waals surface area contributed by atoms with Gasteiger partial charge in [-0.15, -0.1) is 0 Å². The molecule has 0 aromatic heterocycles. The highest BCUT2D eigenvalue weighted by molar-refractivity contribution is 8.13. The summed E-state index contributed by atoms with van der Waals surface area (Å²) in [6.45, 7) is 1.38. The molecule has 1 aromatic carbocycles. The van der Waals surface area contributed by atoms with Crippen LogP contribution < -0.4 is 11.6 Å². The Morgan fingerprint density at radius 3 is 2.75 bits per heavy atom. The van der Waals surface area contributed by atoms with E-state index in [-0.39, 0.29) is 0 Å². The van der Waals surface area contributed by atoms with Crippen molar-refractivity contribution < 1.29 is 4.74 Å². The molecule has 0 radical (unpaired) electrons. The Bertz CT molecular complexity index is 316. The Labute approximate surface area is 100 Å². The molecule has 0 atom stereocenters. The molecular formula is C11H17N3OS. The molecule has 0 aliphatic heterocycles. The van der Waals surface area contributed by atoms with E-state index < -0.39 is 0 Å². The lowest BCUT2D eigenvalue weighted by Gasteiger charge is -2.03. The van der Waals surface area contributed by atoms with Crippen molar-refractivity contribution in [3.05, 3.63) is 35.9 Å². The van der Waals surface area contributed by atoms with Gasteiger partial charge in [0.1, 0.15) is 0 Å². The lowest BCUT2D eigenvalue weighted by molar-refractivity contribution is 0.122. The first-order valence-corrected chi connectivity index (χ1v) is 6.09. The molecule has 0 amide bonds. The average Bonchev–Trinajstić information content (AvgIpc) is 2.34. The van der Waals surface area contributed by atoms with Crippen LogP contribution in [0, 0.1) is 0 Å². The molecule has 0 heterocycles. The standard InChI is InChI=1S/C11H17N3OS/c12-11(14-13)16-8-4-7-15-9-10-5-2-1-3-6-10/h1-3,5-6H,4,7-9,13H2,(H2,12,14). The van der Waals surface area contributed by atoms with E-state index in [0.717, 1.165) is 18.8 Å². The van der Waals surface area contributed by atoms with E-state index in [2.05, 4.69) is 5.10 Å². The minimum absolute atomic E-state index is 0.419. The molecule has 0 unspecified atom stereocenters. The molecule has 4 N–H and O–H groups in total. The van der Waals surface area contributed by atoms with E-state index in [9.17, 15) is 0 Å². The molecule has 0 saturated heterocycles. The number of rotatable bonds is 6. The van der Waals surface area contributed by atoms with Gasteiger partial charge in [-0.1, -0.05) is 42.1 Å². The van der Waals surface area contributed by atoms with Gasteiger partial charge >= 0.3 is 0 Å². The van der Waals surface area contributed by atoms with Crippen LogP contribution in [-0.4, -0.2) is 17.5 Å². The fourth-order valence-corrected chi connectivity index (χ4v) is 1.69. The highest BCUT2D eigenvalue weighted by Crippen LogP contribution is 2.04. The van der Waals surface area contributed by atoms with Gasteiger partial charge in [-0.25, -0.2) is 0 Å². The van der Waals surface area contributed by atoms with Crippen molar-refractivity contribution in [2.45, 2.75) is 13.0 Å². The maximum absolute atomic E-state index is 5.51.